The zero-order valence-corrected chi connectivity index (χ0v) is 18.5. The van der Waals surface area contributed by atoms with Gasteiger partial charge in [0.25, 0.3) is 0 Å². The largest absolute Gasteiger partial charge is 0.488 e. The first-order valence-corrected chi connectivity index (χ1v) is 11.7. The molecular formula is C24H18B2O4S2. The van der Waals surface area contributed by atoms with Gasteiger partial charge in [-0.2, -0.15) is 0 Å². The van der Waals surface area contributed by atoms with Crippen LogP contribution >= 0.6 is 22.7 Å². The van der Waals surface area contributed by atoms with Crippen LogP contribution < -0.4 is 10.9 Å². The molecule has 6 aromatic rings. The van der Waals surface area contributed by atoms with E-state index < -0.39 is 14.2 Å². The second-order valence-electron chi connectivity index (χ2n) is 7.45. The lowest BCUT2D eigenvalue weighted by atomic mass is 9.80. The smallest absolute Gasteiger partial charge is 0.423 e. The van der Waals surface area contributed by atoms with Crippen molar-refractivity contribution in [1.29, 1.82) is 0 Å². The number of hydrogen-bond acceptors (Lipinski definition) is 6. The Bertz CT molecular complexity index is 1440. The number of thiophene rings is 2. The van der Waals surface area contributed by atoms with E-state index in [4.69, 9.17) is 20.1 Å². The van der Waals surface area contributed by atoms with Crippen molar-refractivity contribution in [3.05, 3.63) is 84.9 Å². The highest BCUT2D eigenvalue weighted by molar-refractivity contribution is 7.26. The zero-order chi connectivity index (χ0) is 22.2. The van der Waals surface area contributed by atoms with Gasteiger partial charge in [-0.05, 0) is 35.2 Å². The third-order valence-corrected chi connectivity index (χ3v) is 7.67. The quantitative estimate of drug-likeness (QED) is 0.301. The maximum atomic E-state index is 9.12. The molecule has 4 nitrogen and oxygen atoms in total. The number of rotatable bonds is 2. The Morgan fingerprint density at radius 3 is 1.22 bits per heavy atom. The van der Waals surface area contributed by atoms with E-state index in [1.807, 2.05) is 48.5 Å². The summed E-state index contributed by atoms with van der Waals surface area (Å²) in [5, 5.41) is 41.3. The molecule has 0 radical (unpaired) electrons. The average molecular weight is 456 g/mol. The Morgan fingerprint density at radius 1 is 0.438 bits per heavy atom. The molecule has 156 valence electrons. The fourth-order valence-electron chi connectivity index (χ4n) is 3.81. The van der Waals surface area contributed by atoms with Crippen molar-refractivity contribution in [3.8, 4) is 0 Å². The van der Waals surface area contributed by atoms with Crippen molar-refractivity contribution in [3.63, 3.8) is 0 Å². The van der Waals surface area contributed by atoms with Crippen LogP contribution in [0.3, 0.4) is 0 Å². The maximum absolute atomic E-state index is 9.12. The molecule has 0 fully saturated rings. The van der Waals surface area contributed by atoms with Gasteiger partial charge in [0.15, 0.2) is 0 Å². The highest BCUT2D eigenvalue weighted by Crippen LogP contribution is 2.33. The zero-order valence-electron chi connectivity index (χ0n) is 16.8. The second kappa shape index (κ2) is 8.67. The van der Waals surface area contributed by atoms with E-state index in [1.165, 1.54) is 30.9 Å². The summed E-state index contributed by atoms with van der Waals surface area (Å²) in [6.45, 7) is 0. The van der Waals surface area contributed by atoms with Crippen LogP contribution in [0, 0.1) is 0 Å². The van der Waals surface area contributed by atoms with Crippen LogP contribution in [0.2, 0.25) is 0 Å². The summed E-state index contributed by atoms with van der Waals surface area (Å²) in [5.41, 5.74) is 1.08. The van der Waals surface area contributed by atoms with Crippen LogP contribution in [0.4, 0.5) is 0 Å². The van der Waals surface area contributed by atoms with E-state index in [9.17, 15) is 0 Å². The van der Waals surface area contributed by atoms with Gasteiger partial charge in [0.05, 0.1) is 0 Å². The van der Waals surface area contributed by atoms with Crippen LogP contribution in [0.15, 0.2) is 84.9 Å². The van der Waals surface area contributed by atoms with Crippen molar-refractivity contribution in [2.45, 2.75) is 0 Å². The lowest BCUT2D eigenvalue weighted by molar-refractivity contribution is 0.424. The van der Waals surface area contributed by atoms with Gasteiger partial charge in [-0.15, -0.1) is 22.7 Å². The summed E-state index contributed by atoms with van der Waals surface area (Å²) in [7, 11) is -2.79. The molecule has 8 heteroatoms. The lowest BCUT2D eigenvalue weighted by Gasteiger charge is -1.98. The second-order valence-corrected chi connectivity index (χ2v) is 9.62. The van der Waals surface area contributed by atoms with Crippen LogP contribution in [0.5, 0.6) is 0 Å². The fourth-order valence-corrected chi connectivity index (χ4v) is 6.12. The molecule has 32 heavy (non-hydrogen) atoms. The Balaban J connectivity index is 0.000000135. The van der Waals surface area contributed by atoms with Crippen LogP contribution in [0.1, 0.15) is 0 Å². The summed E-state index contributed by atoms with van der Waals surface area (Å²) >= 11 is 3.34. The van der Waals surface area contributed by atoms with Gasteiger partial charge in [0.2, 0.25) is 0 Å². The Hall–Kier alpha value is -2.71. The van der Waals surface area contributed by atoms with E-state index in [0.29, 0.717) is 10.9 Å². The molecule has 6 rings (SSSR count). The highest BCUT2D eigenvalue weighted by Gasteiger charge is 2.13. The molecule has 0 spiro atoms. The van der Waals surface area contributed by atoms with Gasteiger partial charge in [-0.25, -0.2) is 0 Å². The molecule has 0 unspecified atom stereocenters. The SMILES string of the molecule is OB(O)c1ccc2c(c1)sc1ccccc12.OB(O)c1ccc2c(c1)sc1ccccc12. The van der Waals surface area contributed by atoms with E-state index in [1.54, 1.807) is 34.8 Å². The normalized spacial score (nSPS) is 11.1. The predicted octanol–water partition coefficient (Wildman–Crippen LogP) is 3.47. The molecule has 0 atom stereocenters. The molecule has 0 aliphatic rings. The summed E-state index contributed by atoms with van der Waals surface area (Å²) in [4.78, 5) is 0. The van der Waals surface area contributed by atoms with Crippen molar-refractivity contribution in [1.82, 2.24) is 0 Å². The molecule has 4 aromatic carbocycles. The predicted molar refractivity (Wildman–Crippen MR) is 138 cm³/mol. The lowest BCUT2D eigenvalue weighted by Crippen LogP contribution is -2.29. The van der Waals surface area contributed by atoms with Crippen LogP contribution in [-0.2, 0) is 0 Å². The molecule has 0 saturated carbocycles. The Kier molecular flexibility index (Phi) is 5.73. The van der Waals surface area contributed by atoms with E-state index >= 15 is 0 Å². The van der Waals surface area contributed by atoms with Crippen LogP contribution in [0.25, 0.3) is 40.3 Å². The molecule has 0 bridgehead atoms. The monoisotopic (exact) mass is 456 g/mol. The molecule has 0 aliphatic carbocycles. The van der Waals surface area contributed by atoms with Gasteiger partial charge in [0.1, 0.15) is 0 Å². The topological polar surface area (TPSA) is 80.9 Å². The Labute approximate surface area is 192 Å². The van der Waals surface area contributed by atoms with E-state index in [0.717, 1.165) is 9.40 Å². The third-order valence-electron chi connectivity index (χ3n) is 5.40. The average Bonchev–Trinajstić information content (AvgIpc) is 3.36. The van der Waals surface area contributed by atoms with Crippen molar-refractivity contribution < 1.29 is 20.1 Å². The fraction of sp³-hybridized carbons (Fsp3) is 0. The minimum Gasteiger partial charge on any atom is -0.423 e. The Morgan fingerprint density at radius 2 is 0.812 bits per heavy atom. The van der Waals surface area contributed by atoms with Gasteiger partial charge in [0, 0.05) is 40.3 Å². The first-order chi connectivity index (χ1) is 15.5. The van der Waals surface area contributed by atoms with Gasteiger partial charge in [-0.1, -0.05) is 60.7 Å². The summed E-state index contributed by atoms with van der Waals surface area (Å²) in [6, 6.07) is 27.5. The van der Waals surface area contributed by atoms with E-state index in [2.05, 4.69) is 24.3 Å². The minimum atomic E-state index is -1.39. The molecule has 0 saturated heterocycles. The molecule has 2 aromatic heterocycles. The molecule has 2 heterocycles. The summed E-state index contributed by atoms with van der Waals surface area (Å²) < 4.78 is 4.63. The number of benzene rings is 4. The number of hydrogen-bond donors (Lipinski definition) is 4. The maximum Gasteiger partial charge on any atom is 0.488 e. The van der Waals surface area contributed by atoms with Gasteiger partial charge >= 0.3 is 14.2 Å². The van der Waals surface area contributed by atoms with Gasteiger partial charge in [-0.3, -0.25) is 0 Å². The molecule has 4 N–H and O–H groups in total. The van der Waals surface area contributed by atoms with Gasteiger partial charge < -0.3 is 20.1 Å². The third kappa shape index (κ3) is 3.93. The van der Waals surface area contributed by atoms with Crippen LogP contribution in [-0.4, -0.2) is 34.3 Å². The minimum absolute atomic E-state index is 0.541. The van der Waals surface area contributed by atoms with Crippen molar-refractivity contribution in [2.24, 2.45) is 0 Å². The highest BCUT2D eigenvalue weighted by atomic mass is 32.1. The summed E-state index contributed by atoms with van der Waals surface area (Å²) in [5.74, 6) is 0. The summed E-state index contributed by atoms with van der Waals surface area (Å²) in [6.07, 6.45) is 0. The number of fused-ring (bicyclic) bond motifs is 6. The first-order valence-electron chi connectivity index (χ1n) is 10.1. The molecular weight excluding hydrogens is 438 g/mol. The molecule has 0 aliphatic heterocycles. The molecule has 0 amide bonds. The van der Waals surface area contributed by atoms with Crippen molar-refractivity contribution >= 4 is 88.2 Å². The standard InChI is InChI=1S/2C12H9BO2S/c2*14-13(15)8-5-6-10-9-3-1-2-4-11(9)16-12(10)7-8/h2*1-7,14-15H. The first kappa shape index (κ1) is 21.2. The van der Waals surface area contributed by atoms with Crippen molar-refractivity contribution in [2.75, 3.05) is 0 Å². The van der Waals surface area contributed by atoms with E-state index in [-0.39, 0.29) is 0 Å².